The van der Waals surface area contributed by atoms with E-state index >= 15 is 0 Å². The fourth-order valence-corrected chi connectivity index (χ4v) is 1.44. The third-order valence-corrected chi connectivity index (χ3v) is 2.26. The van der Waals surface area contributed by atoms with Gasteiger partial charge >= 0.3 is 0 Å². The summed E-state index contributed by atoms with van der Waals surface area (Å²) in [4.78, 5) is 10.1. The van der Waals surface area contributed by atoms with Gasteiger partial charge in [-0.15, -0.1) is 0 Å². The Balaban J connectivity index is 2.48. The molecule has 0 heterocycles. The minimum atomic E-state index is -0.424. The Morgan fingerprint density at radius 3 is 2.22 bits per heavy atom. The predicted octanol–water partition coefficient (Wildman–Crippen LogP) is 2.41. The van der Waals surface area contributed by atoms with Gasteiger partial charge in [-0.3, -0.25) is 10.1 Å². The van der Waals surface area contributed by atoms with Gasteiger partial charge in [0.25, 0.3) is 5.69 Å². The molecule has 0 aliphatic rings. The van der Waals surface area contributed by atoms with Gasteiger partial charge in [0.05, 0.1) is 11.5 Å². The summed E-state index contributed by atoms with van der Waals surface area (Å²) in [5.41, 5.74) is 0.872. The molecule has 100 valence electrons. The maximum Gasteiger partial charge on any atom is 0.269 e. The van der Waals surface area contributed by atoms with Crippen LogP contribution >= 0.6 is 0 Å². The minimum Gasteiger partial charge on any atom is -0.380 e. The van der Waals surface area contributed by atoms with E-state index in [0.717, 1.165) is 5.69 Å². The molecule has 0 aromatic heterocycles. The molecule has 1 aromatic rings. The smallest absolute Gasteiger partial charge is 0.269 e. The number of nitro benzene ring substituents is 1. The molecule has 1 aromatic carbocycles. The number of nitrogens with one attached hydrogen (secondary N) is 1. The monoisotopic (exact) mass is 254 g/mol. The van der Waals surface area contributed by atoms with E-state index in [0.29, 0.717) is 19.8 Å². The van der Waals surface area contributed by atoms with E-state index in [1.807, 2.05) is 13.8 Å². The van der Waals surface area contributed by atoms with Crippen LogP contribution in [0.5, 0.6) is 0 Å². The molecule has 0 amide bonds. The zero-order valence-corrected chi connectivity index (χ0v) is 10.6. The summed E-state index contributed by atoms with van der Waals surface area (Å²) < 4.78 is 10.7. The minimum absolute atomic E-state index is 0.0757. The van der Waals surface area contributed by atoms with Crippen LogP contribution in [-0.4, -0.2) is 31.0 Å². The molecule has 6 heteroatoms. The number of nitrogens with zero attached hydrogens (tertiary/aromatic N) is 1. The van der Waals surface area contributed by atoms with Crippen LogP contribution in [0.25, 0.3) is 0 Å². The normalized spacial score (nSPS) is 10.6. The number of rotatable bonds is 8. The van der Waals surface area contributed by atoms with Gasteiger partial charge in [0, 0.05) is 31.0 Å². The second-order valence-corrected chi connectivity index (χ2v) is 3.53. The number of hydrogen-bond acceptors (Lipinski definition) is 5. The van der Waals surface area contributed by atoms with E-state index in [2.05, 4.69) is 5.32 Å². The van der Waals surface area contributed by atoms with Crippen LogP contribution in [0.4, 0.5) is 11.4 Å². The highest BCUT2D eigenvalue weighted by Gasteiger charge is 2.08. The summed E-state index contributed by atoms with van der Waals surface area (Å²) in [5, 5.41) is 13.6. The van der Waals surface area contributed by atoms with Crippen molar-refractivity contribution < 1.29 is 14.4 Å². The van der Waals surface area contributed by atoms with Crippen LogP contribution in [0.2, 0.25) is 0 Å². The van der Waals surface area contributed by atoms with Gasteiger partial charge in [-0.1, -0.05) is 0 Å². The molecule has 1 rings (SSSR count). The van der Waals surface area contributed by atoms with Crippen molar-refractivity contribution in [1.82, 2.24) is 0 Å². The largest absolute Gasteiger partial charge is 0.380 e. The van der Waals surface area contributed by atoms with Crippen molar-refractivity contribution in [1.29, 1.82) is 0 Å². The quantitative estimate of drug-likeness (QED) is 0.438. The average Bonchev–Trinajstić information content (AvgIpc) is 2.37. The van der Waals surface area contributed by atoms with Crippen molar-refractivity contribution >= 4 is 11.4 Å². The second kappa shape index (κ2) is 7.62. The lowest BCUT2D eigenvalue weighted by molar-refractivity contribution is -0.384. The molecule has 0 atom stereocenters. The third-order valence-electron chi connectivity index (χ3n) is 2.26. The Labute approximate surface area is 106 Å². The van der Waals surface area contributed by atoms with Gasteiger partial charge in [0.1, 0.15) is 0 Å². The molecular weight excluding hydrogens is 236 g/mol. The van der Waals surface area contributed by atoms with Crippen LogP contribution < -0.4 is 5.32 Å². The second-order valence-electron chi connectivity index (χ2n) is 3.53. The Hall–Kier alpha value is -1.66. The first-order chi connectivity index (χ1) is 8.67. The van der Waals surface area contributed by atoms with Crippen LogP contribution in [0.15, 0.2) is 24.3 Å². The van der Waals surface area contributed by atoms with E-state index in [1.54, 1.807) is 12.1 Å². The van der Waals surface area contributed by atoms with E-state index in [1.165, 1.54) is 12.1 Å². The van der Waals surface area contributed by atoms with Gasteiger partial charge in [-0.05, 0) is 26.0 Å². The van der Waals surface area contributed by atoms with Gasteiger partial charge in [0.15, 0.2) is 6.29 Å². The lowest BCUT2D eigenvalue weighted by Crippen LogP contribution is -2.26. The first-order valence-corrected chi connectivity index (χ1v) is 5.88. The Morgan fingerprint density at radius 2 is 1.78 bits per heavy atom. The maximum atomic E-state index is 10.5. The number of anilines is 1. The van der Waals surface area contributed by atoms with Gasteiger partial charge in [-0.2, -0.15) is 0 Å². The lowest BCUT2D eigenvalue weighted by Gasteiger charge is -2.17. The first-order valence-electron chi connectivity index (χ1n) is 5.88. The van der Waals surface area contributed by atoms with Crippen molar-refractivity contribution in [3.8, 4) is 0 Å². The molecule has 0 saturated heterocycles. The lowest BCUT2D eigenvalue weighted by atomic mass is 10.3. The summed E-state index contributed by atoms with van der Waals surface area (Å²) in [7, 11) is 0. The van der Waals surface area contributed by atoms with Gasteiger partial charge in [0.2, 0.25) is 0 Å². The van der Waals surface area contributed by atoms with Crippen molar-refractivity contribution in [2.75, 3.05) is 25.1 Å². The maximum absolute atomic E-state index is 10.5. The average molecular weight is 254 g/mol. The first kappa shape index (κ1) is 14.4. The Kier molecular flexibility index (Phi) is 6.10. The van der Waals surface area contributed by atoms with E-state index in [9.17, 15) is 10.1 Å². The molecule has 0 aliphatic heterocycles. The van der Waals surface area contributed by atoms with Crippen LogP contribution in [0.1, 0.15) is 13.8 Å². The van der Waals surface area contributed by atoms with Crippen LogP contribution in [0, 0.1) is 10.1 Å². The number of hydrogen-bond donors (Lipinski definition) is 1. The standard InChI is InChI=1S/C12H18N2O4/c1-3-17-12(18-4-2)9-13-10-5-7-11(8-6-10)14(15)16/h5-8,12-13H,3-4,9H2,1-2H3. The summed E-state index contributed by atoms with van der Waals surface area (Å²) in [6.07, 6.45) is -0.310. The molecule has 0 aliphatic carbocycles. The van der Waals surface area contributed by atoms with Crippen LogP contribution in [0.3, 0.4) is 0 Å². The van der Waals surface area contributed by atoms with E-state index in [-0.39, 0.29) is 12.0 Å². The van der Waals surface area contributed by atoms with Crippen molar-refractivity contribution in [3.05, 3.63) is 34.4 Å². The molecular formula is C12H18N2O4. The van der Waals surface area contributed by atoms with Gasteiger partial charge < -0.3 is 14.8 Å². The highest BCUT2D eigenvalue weighted by Crippen LogP contribution is 2.15. The molecule has 18 heavy (non-hydrogen) atoms. The SMILES string of the molecule is CCOC(CNc1ccc([N+](=O)[O-])cc1)OCC. The molecule has 0 fully saturated rings. The Morgan fingerprint density at radius 1 is 1.22 bits per heavy atom. The summed E-state index contributed by atoms with van der Waals surface area (Å²) in [6.45, 7) is 5.45. The molecule has 1 N–H and O–H groups in total. The third kappa shape index (κ3) is 4.68. The summed E-state index contributed by atoms with van der Waals surface area (Å²) in [6, 6.07) is 6.23. The predicted molar refractivity (Wildman–Crippen MR) is 68.6 cm³/mol. The van der Waals surface area contributed by atoms with Crippen molar-refractivity contribution in [3.63, 3.8) is 0 Å². The molecule has 0 bridgehead atoms. The summed E-state index contributed by atoms with van der Waals surface area (Å²) >= 11 is 0. The van der Waals surface area contributed by atoms with E-state index in [4.69, 9.17) is 9.47 Å². The molecule has 0 unspecified atom stereocenters. The zero-order valence-electron chi connectivity index (χ0n) is 10.6. The number of ether oxygens (including phenoxy) is 2. The van der Waals surface area contributed by atoms with Crippen molar-refractivity contribution in [2.45, 2.75) is 20.1 Å². The summed E-state index contributed by atoms with van der Waals surface area (Å²) in [5.74, 6) is 0. The highest BCUT2D eigenvalue weighted by molar-refractivity contribution is 5.48. The topological polar surface area (TPSA) is 73.6 Å². The number of non-ortho nitro benzene ring substituents is 1. The van der Waals surface area contributed by atoms with Crippen molar-refractivity contribution in [2.24, 2.45) is 0 Å². The number of nitro groups is 1. The molecule has 0 spiro atoms. The van der Waals surface area contributed by atoms with E-state index < -0.39 is 4.92 Å². The molecule has 0 radical (unpaired) electrons. The van der Waals surface area contributed by atoms with Gasteiger partial charge in [-0.25, -0.2) is 0 Å². The zero-order chi connectivity index (χ0) is 13.4. The fourth-order valence-electron chi connectivity index (χ4n) is 1.44. The fraction of sp³-hybridized carbons (Fsp3) is 0.500. The Bertz CT molecular complexity index is 361. The molecule has 6 nitrogen and oxygen atoms in total. The van der Waals surface area contributed by atoms with Crippen LogP contribution in [-0.2, 0) is 9.47 Å². The highest BCUT2D eigenvalue weighted by atomic mass is 16.7. The number of benzene rings is 1. The molecule has 0 saturated carbocycles.